The summed E-state index contributed by atoms with van der Waals surface area (Å²) in [5.74, 6) is 0.587. The van der Waals surface area contributed by atoms with Gasteiger partial charge in [-0.15, -0.1) is 0 Å². The average Bonchev–Trinajstić information content (AvgIpc) is 2.48. The van der Waals surface area contributed by atoms with Gasteiger partial charge in [0.25, 0.3) is 0 Å². The molecule has 0 spiro atoms. The maximum Gasteiger partial charge on any atom is 0.138 e. The van der Waals surface area contributed by atoms with Crippen LogP contribution in [0.5, 0.6) is 5.75 Å². The van der Waals surface area contributed by atoms with Crippen molar-refractivity contribution >= 4 is 27.5 Å². The molecule has 2 aromatic rings. The highest BCUT2D eigenvalue weighted by atomic mass is 79.9. The van der Waals surface area contributed by atoms with Gasteiger partial charge in [0.15, 0.2) is 0 Å². The lowest BCUT2D eigenvalue weighted by molar-refractivity contribution is 0.106. The van der Waals surface area contributed by atoms with E-state index in [0.717, 1.165) is 10.0 Å². The molecule has 0 heterocycles. The van der Waals surface area contributed by atoms with E-state index in [1.807, 2.05) is 36.4 Å². The fourth-order valence-corrected chi connectivity index (χ4v) is 2.44. The van der Waals surface area contributed by atoms with Crippen LogP contribution >= 0.6 is 27.5 Å². The van der Waals surface area contributed by atoms with Crippen LogP contribution in [0.2, 0.25) is 5.02 Å². The number of nitrogens with one attached hydrogen (secondary N) is 1. The van der Waals surface area contributed by atoms with Gasteiger partial charge in [0.05, 0.1) is 5.02 Å². The van der Waals surface area contributed by atoms with Crippen molar-refractivity contribution in [1.82, 2.24) is 5.32 Å². The molecule has 2 rings (SSSR count). The molecule has 0 aliphatic carbocycles. The van der Waals surface area contributed by atoms with Crippen LogP contribution in [0.15, 0.2) is 53.0 Å². The molecule has 1 atom stereocenters. The molecule has 0 fully saturated rings. The fraction of sp³-hybridized carbons (Fsp3) is 0.250. The number of aliphatic hydroxyl groups excluding tert-OH is 1. The number of para-hydroxylation sites is 1. The minimum atomic E-state index is -0.594. The van der Waals surface area contributed by atoms with E-state index in [9.17, 15) is 5.11 Å². The van der Waals surface area contributed by atoms with E-state index in [4.69, 9.17) is 16.3 Å². The van der Waals surface area contributed by atoms with Gasteiger partial charge >= 0.3 is 0 Å². The Kier molecular flexibility index (Phi) is 6.51. The molecular formula is C16H17BrClNO2. The highest BCUT2D eigenvalue weighted by molar-refractivity contribution is 9.10. The van der Waals surface area contributed by atoms with E-state index >= 15 is 0 Å². The number of rotatable bonds is 7. The number of halogens is 2. The third-order valence-corrected chi connectivity index (χ3v) is 4.01. The van der Waals surface area contributed by atoms with E-state index in [1.165, 1.54) is 0 Å². The van der Waals surface area contributed by atoms with Gasteiger partial charge in [-0.2, -0.15) is 0 Å². The largest absolute Gasteiger partial charge is 0.489 e. The summed E-state index contributed by atoms with van der Waals surface area (Å²) in [6.45, 7) is 1.34. The SMILES string of the molecule is OC(CNCc1ccccc1Br)COc1ccccc1Cl. The van der Waals surface area contributed by atoms with Crippen molar-refractivity contribution in [3.05, 3.63) is 63.6 Å². The Morgan fingerprint density at radius 2 is 1.86 bits per heavy atom. The van der Waals surface area contributed by atoms with Gasteiger partial charge in [0, 0.05) is 17.6 Å². The molecule has 21 heavy (non-hydrogen) atoms. The van der Waals surface area contributed by atoms with E-state index in [0.29, 0.717) is 23.9 Å². The highest BCUT2D eigenvalue weighted by Gasteiger charge is 2.07. The van der Waals surface area contributed by atoms with Crippen LogP contribution in [-0.2, 0) is 6.54 Å². The first kappa shape index (κ1) is 16.3. The predicted octanol–water partition coefficient (Wildman–Crippen LogP) is 3.63. The second kappa shape index (κ2) is 8.39. The van der Waals surface area contributed by atoms with Crippen molar-refractivity contribution < 1.29 is 9.84 Å². The van der Waals surface area contributed by atoms with Crippen molar-refractivity contribution in [3.63, 3.8) is 0 Å². The van der Waals surface area contributed by atoms with Gasteiger partial charge in [-0.05, 0) is 23.8 Å². The molecule has 0 aromatic heterocycles. The third-order valence-electron chi connectivity index (χ3n) is 2.92. The van der Waals surface area contributed by atoms with E-state index in [1.54, 1.807) is 12.1 Å². The van der Waals surface area contributed by atoms with Crippen LogP contribution < -0.4 is 10.1 Å². The molecule has 0 aliphatic heterocycles. The second-order valence-electron chi connectivity index (χ2n) is 4.62. The highest BCUT2D eigenvalue weighted by Crippen LogP contribution is 2.23. The minimum absolute atomic E-state index is 0.201. The van der Waals surface area contributed by atoms with E-state index in [-0.39, 0.29) is 6.61 Å². The average molecular weight is 371 g/mol. The van der Waals surface area contributed by atoms with Crippen LogP contribution in [0, 0.1) is 0 Å². The summed E-state index contributed by atoms with van der Waals surface area (Å²) >= 11 is 9.47. The number of ether oxygens (including phenoxy) is 1. The lowest BCUT2D eigenvalue weighted by Crippen LogP contribution is -2.31. The molecule has 0 aliphatic rings. The number of benzene rings is 2. The Morgan fingerprint density at radius 1 is 1.14 bits per heavy atom. The molecule has 0 bridgehead atoms. The smallest absolute Gasteiger partial charge is 0.138 e. The number of hydrogen-bond acceptors (Lipinski definition) is 3. The van der Waals surface area contributed by atoms with Crippen molar-refractivity contribution in [2.45, 2.75) is 12.6 Å². The summed E-state index contributed by atoms with van der Waals surface area (Å²) in [6, 6.07) is 15.2. The molecule has 0 saturated heterocycles. The van der Waals surface area contributed by atoms with Gasteiger partial charge in [0.2, 0.25) is 0 Å². The molecule has 0 amide bonds. The molecule has 1 unspecified atom stereocenters. The monoisotopic (exact) mass is 369 g/mol. The molecule has 2 N–H and O–H groups in total. The lowest BCUT2D eigenvalue weighted by Gasteiger charge is -2.14. The van der Waals surface area contributed by atoms with E-state index < -0.39 is 6.10 Å². The van der Waals surface area contributed by atoms with Crippen LogP contribution in [0.25, 0.3) is 0 Å². The second-order valence-corrected chi connectivity index (χ2v) is 5.88. The van der Waals surface area contributed by atoms with Crippen molar-refractivity contribution in [3.8, 4) is 5.75 Å². The maximum atomic E-state index is 9.91. The normalized spacial score (nSPS) is 12.1. The predicted molar refractivity (Wildman–Crippen MR) is 88.8 cm³/mol. The summed E-state index contributed by atoms with van der Waals surface area (Å²) in [7, 11) is 0. The Morgan fingerprint density at radius 3 is 2.62 bits per heavy atom. The van der Waals surface area contributed by atoms with Crippen molar-refractivity contribution in [2.75, 3.05) is 13.2 Å². The van der Waals surface area contributed by atoms with Crippen LogP contribution in [-0.4, -0.2) is 24.4 Å². The van der Waals surface area contributed by atoms with Crippen LogP contribution in [0.3, 0.4) is 0 Å². The molecule has 0 saturated carbocycles. The van der Waals surface area contributed by atoms with Crippen LogP contribution in [0.1, 0.15) is 5.56 Å². The Hall–Kier alpha value is -1.07. The first-order chi connectivity index (χ1) is 10.2. The molecule has 112 valence electrons. The van der Waals surface area contributed by atoms with Gasteiger partial charge in [0.1, 0.15) is 18.5 Å². The molecular weight excluding hydrogens is 354 g/mol. The topological polar surface area (TPSA) is 41.5 Å². The zero-order valence-corrected chi connectivity index (χ0v) is 13.8. The summed E-state index contributed by atoms with van der Waals surface area (Å²) in [6.07, 6.45) is -0.594. The Labute approximate surface area is 138 Å². The third kappa shape index (κ3) is 5.32. The number of aliphatic hydroxyl groups is 1. The van der Waals surface area contributed by atoms with Gasteiger partial charge in [-0.3, -0.25) is 0 Å². The lowest BCUT2D eigenvalue weighted by atomic mass is 10.2. The van der Waals surface area contributed by atoms with Crippen LogP contribution in [0.4, 0.5) is 0 Å². The summed E-state index contributed by atoms with van der Waals surface area (Å²) in [4.78, 5) is 0. The summed E-state index contributed by atoms with van der Waals surface area (Å²) in [5, 5.41) is 13.7. The zero-order valence-electron chi connectivity index (χ0n) is 11.4. The maximum absolute atomic E-state index is 9.91. The Bertz CT molecular complexity index is 580. The van der Waals surface area contributed by atoms with E-state index in [2.05, 4.69) is 21.2 Å². The molecule has 2 aromatic carbocycles. The summed E-state index contributed by atoms with van der Waals surface area (Å²) in [5.41, 5.74) is 1.15. The fourth-order valence-electron chi connectivity index (χ4n) is 1.82. The number of hydrogen-bond donors (Lipinski definition) is 2. The minimum Gasteiger partial charge on any atom is -0.489 e. The van der Waals surface area contributed by atoms with Crippen molar-refractivity contribution in [1.29, 1.82) is 0 Å². The quantitative estimate of drug-likeness (QED) is 0.782. The summed E-state index contributed by atoms with van der Waals surface area (Å²) < 4.78 is 6.55. The first-order valence-electron chi connectivity index (χ1n) is 6.66. The zero-order chi connectivity index (χ0) is 15.1. The molecule has 3 nitrogen and oxygen atoms in total. The first-order valence-corrected chi connectivity index (χ1v) is 7.83. The van der Waals surface area contributed by atoms with Gasteiger partial charge in [-0.1, -0.05) is 57.9 Å². The van der Waals surface area contributed by atoms with Crippen molar-refractivity contribution in [2.24, 2.45) is 0 Å². The molecule has 0 radical (unpaired) electrons. The standard InChI is InChI=1S/C16H17BrClNO2/c17-14-6-2-1-5-12(14)9-19-10-13(20)11-21-16-8-4-3-7-15(16)18/h1-8,13,19-20H,9-11H2. The Balaban J connectivity index is 1.72. The van der Waals surface area contributed by atoms with Gasteiger partial charge < -0.3 is 15.2 Å². The molecule has 5 heteroatoms. The van der Waals surface area contributed by atoms with Gasteiger partial charge in [-0.25, -0.2) is 0 Å².